The number of nitrogens with zero attached hydrogens (tertiary/aromatic N) is 1. The van der Waals surface area contributed by atoms with Crippen molar-refractivity contribution in [3.8, 4) is 0 Å². The zero-order chi connectivity index (χ0) is 13.6. The van der Waals surface area contributed by atoms with Gasteiger partial charge in [0.2, 0.25) is 0 Å². The lowest BCUT2D eigenvalue weighted by atomic mass is 10.1. The van der Waals surface area contributed by atoms with Crippen molar-refractivity contribution in [3.05, 3.63) is 0 Å². The highest BCUT2D eigenvalue weighted by Gasteiger charge is 2.29. The topological polar surface area (TPSA) is 46.6 Å². The molecule has 0 spiro atoms. The van der Waals surface area contributed by atoms with Gasteiger partial charge in [-0.15, -0.1) is 0 Å². The van der Waals surface area contributed by atoms with Crippen molar-refractivity contribution >= 4 is 12.4 Å². The van der Waals surface area contributed by atoms with Gasteiger partial charge in [0.25, 0.3) is 0 Å². The van der Waals surface area contributed by atoms with Crippen LogP contribution in [-0.4, -0.2) is 35.0 Å². The van der Waals surface area contributed by atoms with Crippen LogP contribution in [0.4, 0.5) is 4.79 Å². The number of hydrogen-bond acceptors (Lipinski definition) is 3. The summed E-state index contributed by atoms with van der Waals surface area (Å²) in [5.74, 6) is 0. The van der Waals surface area contributed by atoms with Crippen LogP contribution >= 0.6 is 0 Å². The Balaban J connectivity index is 4.83. The lowest BCUT2D eigenvalue weighted by Gasteiger charge is -2.35. The molecule has 0 aromatic carbocycles. The third-order valence-electron chi connectivity index (χ3n) is 2.39. The third-order valence-corrected chi connectivity index (χ3v) is 2.39. The fraction of sp³-hybridized carbons (Fsp3) is 0.846. The van der Waals surface area contributed by atoms with E-state index in [-0.39, 0.29) is 18.2 Å². The average Bonchev–Trinajstić information content (AvgIpc) is 2.13. The Hall–Kier alpha value is -1.06. The highest BCUT2D eigenvalue weighted by Crippen LogP contribution is 2.17. The van der Waals surface area contributed by atoms with Gasteiger partial charge < -0.3 is 14.4 Å². The summed E-state index contributed by atoms with van der Waals surface area (Å²) in [6.45, 7) is 11.3. The maximum absolute atomic E-state index is 12.1. The normalized spacial score (nSPS) is 13.4. The second kappa shape index (κ2) is 6.62. The number of carbonyl (C=O) groups excluding carboxylic acids is 2. The quantitative estimate of drug-likeness (QED) is 0.697. The SMILES string of the molecule is CCC(CC=O)N(C(=O)OC(C)(C)C)C(C)C. The molecule has 4 nitrogen and oxygen atoms in total. The minimum atomic E-state index is -0.510. The van der Waals surface area contributed by atoms with Crippen LogP contribution in [-0.2, 0) is 9.53 Å². The van der Waals surface area contributed by atoms with Crippen LogP contribution in [0.5, 0.6) is 0 Å². The van der Waals surface area contributed by atoms with Crippen molar-refractivity contribution in [1.82, 2.24) is 4.90 Å². The number of carbonyl (C=O) groups is 2. The molecule has 0 aliphatic carbocycles. The maximum atomic E-state index is 12.1. The molecule has 0 saturated carbocycles. The lowest BCUT2D eigenvalue weighted by Crippen LogP contribution is -2.47. The van der Waals surface area contributed by atoms with E-state index in [1.54, 1.807) is 4.90 Å². The van der Waals surface area contributed by atoms with Gasteiger partial charge in [-0.3, -0.25) is 0 Å². The number of ether oxygens (including phenoxy) is 1. The molecule has 17 heavy (non-hydrogen) atoms. The van der Waals surface area contributed by atoms with Gasteiger partial charge in [0, 0.05) is 18.5 Å². The molecule has 0 heterocycles. The van der Waals surface area contributed by atoms with E-state index >= 15 is 0 Å². The summed E-state index contributed by atoms with van der Waals surface area (Å²) in [6, 6.07) is -0.0582. The summed E-state index contributed by atoms with van der Waals surface area (Å²) in [6.07, 6.45) is 1.61. The Morgan fingerprint density at radius 1 is 1.35 bits per heavy atom. The molecular formula is C13H25NO3. The molecule has 1 atom stereocenters. The van der Waals surface area contributed by atoms with Crippen molar-refractivity contribution in [2.24, 2.45) is 0 Å². The standard InChI is InChI=1S/C13H25NO3/c1-7-11(8-9-15)14(10(2)3)12(16)17-13(4,5)6/h9-11H,7-8H2,1-6H3. The van der Waals surface area contributed by atoms with Crippen molar-refractivity contribution in [2.75, 3.05) is 0 Å². The monoisotopic (exact) mass is 243 g/mol. The summed E-state index contributed by atoms with van der Waals surface area (Å²) in [4.78, 5) is 24.3. The van der Waals surface area contributed by atoms with Gasteiger partial charge >= 0.3 is 6.09 Å². The van der Waals surface area contributed by atoms with Gasteiger partial charge in [0.15, 0.2) is 0 Å². The molecule has 0 rings (SSSR count). The minimum Gasteiger partial charge on any atom is -0.444 e. The first-order valence-corrected chi connectivity index (χ1v) is 6.17. The molecule has 1 amide bonds. The molecule has 1 unspecified atom stereocenters. The second-order valence-corrected chi connectivity index (χ2v) is 5.45. The van der Waals surface area contributed by atoms with E-state index in [0.717, 1.165) is 12.7 Å². The Kier molecular flexibility index (Phi) is 6.21. The Morgan fingerprint density at radius 2 is 1.88 bits per heavy atom. The molecule has 0 aromatic heterocycles. The van der Waals surface area contributed by atoms with E-state index in [9.17, 15) is 9.59 Å². The number of aldehydes is 1. The Morgan fingerprint density at radius 3 is 2.18 bits per heavy atom. The van der Waals surface area contributed by atoms with Crippen LogP contribution in [0.25, 0.3) is 0 Å². The average molecular weight is 243 g/mol. The minimum absolute atomic E-state index is 0.0229. The lowest BCUT2D eigenvalue weighted by molar-refractivity contribution is -0.109. The van der Waals surface area contributed by atoms with Crippen molar-refractivity contribution in [2.45, 2.75) is 72.1 Å². The van der Waals surface area contributed by atoms with Gasteiger partial charge in [-0.05, 0) is 41.0 Å². The molecule has 0 aliphatic heterocycles. The highest BCUT2D eigenvalue weighted by molar-refractivity contribution is 5.69. The zero-order valence-electron chi connectivity index (χ0n) is 11.8. The Labute approximate surface area is 104 Å². The molecule has 100 valence electrons. The van der Waals surface area contributed by atoms with Crippen molar-refractivity contribution < 1.29 is 14.3 Å². The molecule has 0 saturated heterocycles. The largest absolute Gasteiger partial charge is 0.444 e. The molecule has 0 radical (unpaired) electrons. The van der Waals surface area contributed by atoms with Crippen LogP contribution in [0.15, 0.2) is 0 Å². The van der Waals surface area contributed by atoms with E-state index in [1.807, 2.05) is 41.5 Å². The van der Waals surface area contributed by atoms with Crippen molar-refractivity contribution in [3.63, 3.8) is 0 Å². The summed E-state index contributed by atoms with van der Waals surface area (Å²) in [5, 5.41) is 0. The molecule has 0 bridgehead atoms. The second-order valence-electron chi connectivity index (χ2n) is 5.45. The van der Waals surface area contributed by atoms with E-state index < -0.39 is 5.60 Å². The molecule has 4 heteroatoms. The van der Waals surface area contributed by atoms with Gasteiger partial charge in [0.1, 0.15) is 11.9 Å². The molecule has 0 aromatic rings. The van der Waals surface area contributed by atoms with Gasteiger partial charge in [-0.2, -0.15) is 0 Å². The number of amides is 1. The summed E-state index contributed by atoms with van der Waals surface area (Å²) in [5.41, 5.74) is -0.510. The first kappa shape index (κ1) is 15.9. The van der Waals surface area contributed by atoms with Gasteiger partial charge in [-0.1, -0.05) is 6.92 Å². The first-order chi connectivity index (χ1) is 7.72. The van der Waals surface area contributed by atoms with Crippen LogP contribution in [0.3, 0.4) is 0 Å². The summed E-state index contributed by atoms with van der Waals surface area (Å²) >= 11 is 0. The predicted octanol–water partition coefficient (Wildman–Crippen LogP) is 3.00. The maximum Gasteiger partial charge on any atom is 0.410 e. The molecule has 0 N–H and O–H groups in total. The van der Waals surface area contributed by atoms with Gasteiger partial charge in [0.05, 0.1) is 0 Å². The van der Waals surface area contributed by atoms with E-state index in [0.29, 0.717) is 6.42 Å². The zero-order valence-corrected chi connectivity index (χ0v) is 11.8. The van der Waals surface area contributed by atoms with Crippen LogP contribution in [0.1, 0.15) is 54.4 Å². The van der Waals surface area contributed by atoms with Crippen LogP contribution < -0.4 is 0 Å². The summed E-state index contributed by atoms with van der Waals surface area (Å²) in [7, 11) is 0. The highest BCUT2D eigenvalue weighted by atomic mass is 16.6. The predicted molar refractivity (Wildman–Crippen MR) is 68.0 cm³/mol. The molecule has 0 aliphatic rings. The molecular weight excluding hydrogens is 218 g/mol. The van der Waals surface area contributed by atoms with Crippen LogP contribution in [0, 0.1) is 0 Å². The van der Waals surface area contributed by atoms with E-state index in [4.69, 9.17) is 4.74 Å². The summed E-state index contributed by atoms with van der Waals surface area (Å²) < 4.78 is 5.36. The number of hydrogen-bond donors (Lipinski definition) is 0. The third kappa shape index (κ3) is 5.71. The van der Waals surface area contributed by atoms with E-state index in [2.05, 4.69) is 0 Å². The Bertz CT molecular complexity index is 256. The fourth-order valence-corrected chi connectivity index (χ4v) is 1.68. The van der Waals surface area contributed by atoms with Crippen LogP contribution in [0.2, 0.25) is 0 Å². The van der Waals surface area contributed by atoms with E-state index in [1.165, 1.54) is 0 Å². The van der Waals surface area contributed by atoms with Crippen molar-refractivity contribution in [1.29, 1.82) is 0 Å². The smallest absolute Gasteiger partial charge is 0.410 e. The van der Waals surface area contributed by atoms with Gasteiger partial charge in [-0.25, -0.2) is 4.79 Å². The first-order valence-electron chi connectivity index (χ1n) is 6.17. The fourth-order valence-electron chi connectivity index (χ4n) is 1.68. The molecule has 0 fully saturated rings. The number of rotatable bonds is 5.